The molecule has 0 aliphatic rings. The molecule has 0 aromatic heterocycles. The normalized spacial score (nSPS) is 10.2. The molecule has 0 radical (unpaired) electrons. The van der Waals surface area contributed by atoms with Crippen LogP contribution in [-0.4, -0.2) is 39.1 Å². The molecule has 0 saturated heterocycles. The van der Waals surface area contributed by atoms with Crippen LogP contribution in [0.2, 0.25) is 0 Å². The summed E-state index contributed by atoms with van der Waals surface area (Å²) < 4.78 is 10.6. The lowest BCUT2D eigenvalue weighted by molar-refractivity contribution is -0.121. The molecule has 0 saturated carbocycles. The smallest absolute Gasteiger partial charge is 0.224 e. The summed E-state index contributed by atoms with van der Waals surface area (Å²) >= 11 is 0. The molecule has 0 atom stereocenters. The summed E-state index contributed by atoms with van der Waals surface area (Å²) in [5, 5.41) is 2.87. The number of benzene rings is 2. The molecule has 6 heteroatoms. The molecule has 27 heavy (non-hydrogen) atoms. The Morgan fingerprint density at radius 2 is 1.78 bits per heavy atom. The van der Waals surface area contributed by atoms with Crippen molar-refractivity contribution in [2.75, 3.05) is 32.2 Å². The molecule has 144 valence electrons. The largest absolute Gasteiger partial charge is 0.497 e. The summed E-state index contributed by atoms with van der Waals surface area (Å²) in [7, 11) is 3.12. The van der Waals surface area contributed by atoms with Crippen molar-refractivity contribution in [2.24, 2.45) is 0 Å². The van der Waals surface area contributed by atoms with Gasteiger partial charge in [0.1, 0.15) is 11.5 Å². The SMILES string of the molecule is COc1ccc(N(CCNC(=O)CCc2ccccc2)C(C)=O)c(OC)c1. The quantitative estimate of drug-likeness (QED) is 0.737. The monoisotopic (exact) mass is 370 g/mol. The van der Waals surface area contributed by atoms with Gasteiger partial charge in [0, 0.05) is 32.5 Å². The van der Waals surface area contributed by atoms with Crippen molar-refractivity contribution in [1.82, 2.24) is 5.32 Å². The van der Waals surface area contributed by atoms with Crippen LogP contribution in [0.25, 0.3) is 0 Å². The third kappa shape index (κ3) is 6.02. The van der Waals surface area contributed by atoms with Gasteiger partial charge in [-0.1, -0.05) is 30.3 Å². The van der Waals surface area contributed by atoms with Gasteiger partial charge in [-0.05, 0) is 24.1 Å². The number of methoxy groups -OCH3 is 2. The molecule has 0 unspecified atom stereocenters. The van der Waals surface area contributed by atoms with Crippen molar-refractivity contribution in [3.63, 3.8) is 0 Å². The van der Waals surface area contributed by atoms with E-state index in [0.717, 1.165) is 5.56 Å². The number of ether oxygens (including phenoxy) is 2. The second kappa shape index (κ2) is 10.2. The number of nitrogens with one attached hydrogen (secondary N) is 1. The fraction of sp³-hybridized carbons (Fsp3) is 0.333. The van der Waals surface area contributed by atoms with Crippen LogP contribution in [0.5, 0.6) is 11.5 Å². The highest BCUT2D eigenvalue weighted by Crippen LogP contribution is 2.32. The van der Waals surface area contributed by atoms with E-state index in [0.29, 0.717) is 43.1 Å². The minimum Gasteiger partial charge on any atom is -0.497 e. The number of nitrogens with zero attached hydrogens (tertiary/aromatic N) is 1. The molecular weight excluding hydrogens is 344 g/mol. The van der Waals surface area contributed by atoms with Gasteiger partial charge in [-0.25, -0.2) is 0 Å². The van der Waals surface area contributed by atoms with Gasteiger partial charge < -0.3 is 19.7 Å². The van der Waals surface area contributed by atoms with Crippen LogP contribution in [0, 0.1) is 0 Å². The number of anilines is 1. The van der Waals surface area contributed by atoms with Crippen LogP contribution in [0.1, 0.15) is 18.9 Å². The average molecular weight is 370 g/mol. The minimum atomic E-state index is -0.128. The van der Waals surface area contributed by atoms with Crippen molar-refractivity contribution in [1.29, 1.82) is 0 Å². The van der Waals surface area contributed by atoms with Gasteiger partial charge in [-0.2, -0.15) is 0 Å². The Morgan fingerprint density at radius 1 is 1.04 bits per heavy atom. The zero-order valence-corrected chi connectivity index (χ0v) is 16.0. The van der Waals surface area contributed by atoms with E-state index < -0.39 is 0 Å². The number of carbonyl (C=O) groups is 2. The highest BCUT2D eigenvalue weighted by Gasteiger charge is 2.17. The standard InChI is InChI=1S/C21H26N2O4/c1-16(24)23(19-11-10-18(26-2)15-20(19)27-3)14-13-22-21(25)12-9-17-7-5-4-6-8-17/h4-8,10-11,15H,9,12-14H2,1-3H3,(H,22,25). The molecule has 0 aliphatic heterocycles. The summed E-state index contributed by atoms with van der Waals surface area (Å²) in [6.07, 6.45) is 1.10. The number of hydrogen-bond donors (Lipinski definition) is 1. The van der Waals surface area contributed by atoms with Gasteiger partial charge in [0.25, 0.3) is 0 Å². The predicted octanol–water partition coefficient (Wildman–Crippen LogP) is 2.81. The topological polar surface area (TPSA) is 67.9 Å². The zero-order chi connectivity index (χ0) is 19.6. The van der Waals surface area contributed by atoms with Crippen molar-refractivity contribution in [2.45, 2.75) is 19.8 Å². The number of amides is 2. The second-order valence-electron chi connectivity index (χ2n) is 6.04. The zero-order valence-electron chi connectivity index (χ0n) is 16.0. The summed E-state index contributed by atoms with van der Waals surface area (Å²) in [5.41, 5.74) is 1.77. The van der Waals surface area contributed by atoms with Crippen LogP contribution < -0.4 is 19.7 Å². The third-order valence-corrected chi connectivity index (χ3v) is 4.20. The Morgan fingerprint density at radius 3 is 2.41 bits per heavy atom. The summed E-state index contributed by atoms with van der Waals surface area (Å²) in [4.78, 5) is 25.7. The average Bonchev–Trinajstić information content (AvgIpc) is 2.69. The highest BCUT2D eigenvalue weighted by atomic mass is 16.5. The predicted molar refractivity (Wildman–Crippen MR) is 105 cm³/mol. The first-order valence-corrected chi connectivity index (χ1v) is 8.86. The molecule has 2 aromatic carbocycles. The van der Waals surface area contributed by atoms with Crippen LogP contribution in [0.4, 0.5) is 5.69 Å². The third-order valence-electron chi connectivity index (χ3n) is 4.20. The summed E-state index contributed by atoms with van der Waals surface area (Å²) in [5.74, 6) is 1.02. The van der Waals surface area contributed by atoms with E-state index in [9.17, 15) is 9.59 Å². The van der Waals surface area contributed by atoms with Gasteiger partial charge in [-0.15, -0.1) is 0 Å². The van der Waals surface area contributed by atoms with E-state index in [1.165, 1.54) is 6.92 Å². The first-order valence-electron chi connectivity index (χ1n) is 8.86. The molecule has 0 fully saturated rings. The fourth-order valence-electron chi connectivity index (χ4n) is 2.75. The molecular formula is C21H26N2O4. The lowest BCUT2D eigenvalue weighted by Crippen LogP contribution is -2.37. The van der Waals surface area contributed by atoms with E-state index in [1.807, 2.05) is 30.3 Å². The van der Waals surface area contributed by atoms with Gasteiger partial charge in [0.15, 0.2) is 0 Å². The molecule has 0 heterocycles. The summed E-state index contributed by atoms with van der Waals surface area (Å²) in [6, 6.07) is 15.1. The summed E-state index contributed by atoms with van der Waals surface area (Å²) in [6.45, 7) is 2.21. The number of aryl methyl sites for hydroxylation is 1. The van der Waals surface area contributed by atoms with Crippen molar-refractivity contribution >= 4 is 17.5 Å². The van der Waals surface area contributed by atoms with E-state index in [1.54, 1.807) is 37.3 Å². The van der Waals surface area contributed by atoms with E-state index in [2.05, 4.69) is 5.32 Å². The minimum absolute atomic E-state index is 0.0379. The number of rotatable bonds is 9. The molecule has 0 aliphatic carbocycles. The molecule has 2 amide bonds. The van der Waals surface area contributed by atoms with Crippen molar-refractivity contribution in [3.05, 3.63) is 54.1 Å². The first kappa shape index (κ1) is 20.3. The number of carbonyl (C=O) groups excluding carboxylic acids is 2. The Kier molecular flexibility index (Phi) is 7.67. The Hall–Kier alpha value is -3.02. The number of hydrogen-bond acceptors (Lipinski definition) is 4. The fourth-order valence-corrected chi connectivity index (χ4v) is 2.75. The van der Waals surface area contributed by atoms with Gasteiger partial charge in [0.2, 0.25) is 11.8 Å². The maximum atomic E-state index is 12.1. The van der Waals surface area contributed by atoms with Crippen molar-refractivity contribution < 1.29 is 19.1 Å². The van der Waals surface area contributed by atoms with E-state index in [4.69, 9.17) is 9.47 Å². The van der Waals surface area contributed by atoms with E-state index >= 15 is 0 Å². The Bertz CT molecular complexity index is 762. The molecule has 0 spiro atoms. The Balaban J connectivity index is 1.91. The maximum absolute atomic E-state index is 12.1. The van der Waals surface area contributed by atoms with Gasteiger partial charge >= 0.3 is 0 Å². The van der Waals surface area contributed by atoms with Crippen molar-refractivity contribution in [3.8, 4) is 11.5 Å². The Labute approximate surface area is 160 Å². The molecule has 2 aromatic rings. The van der Waals surface area contributed by atoms with E-state index in [-0.39, 0.29) is 11.8 Å². The van der Waals surface area contributed by atoms with Crippen LogP contribution >= 0.6 is 0 Å². The van der Waals surface area contributed by atoms with Crippen LogP contribution in [0.15, 0.2) is 48.5 Å². The molecule has 6 nitrogen and oxygen atoms in total. The lowest BCUT2D eigenvalue weighted by atomic mass is 10.1. The van der Waals surface area contributed by atoms with Gasteiger partial charge in [-0.3, -0.25) is 9.59 Å². The maximum Gasteiger partial charge on any atom is 0.224 e. The molecule has 0 bridgehead atoms. The highest BCUT2D eigenvalue weighted by molar-refractivity contribution is 5.93. The lowest BCUT2D eigenvalue weighted by Gasteiger charge is -2.23. The van der Waals surface area contributed by atoms with Crippen LogP contribution in [-0.2, 0) is 16.0 Å². The first-order chi connectivity index (χ1) is 13.0. The molecule has 2 rings (SSSR count). The second-order valence-corrected chi connectivity index (χ2v) is 6.04. The van der Waals surface area contributed by atoms with Crippen LogP contribution in [0.3, 0.4) is 0 Å². The van der Waals surface area contributed by atoms with Gasteiger partial charge in [0.05, 0.1) is 19.9 Å². The molecule has 1 N–H and O–H groups in total.